The third-order valence-electron chi connectivity index (χ3n) is 2.38. The number of benzene rings is 2. The fourth-order valence-corrected chi connectivity index (χ4v) is 1.55. The van der Waals surface area contributed by atoms with Crippen LogP contribution in [0.1, 0.15) is 0 Å². The van der Waals surface area contributed by atoms with Crippen LogP contribution in [0.15, 0.2) is 36.4 Å². The van der Waals surface area contributed by atoms with Crippen LogP contribution >= 0.6 is 9.24 Å². The van der Waals surface area contributed by atoms with Crippen LogP contribution in [0.2, 0.25) is 0 Å². The summed E-state index contributed by atoms with van der Waals surface area (Å²) >= 11 is 0. The smallest absolute Gasteiger partial charge is 0.317 e. The molecule has 2 aromatic carbocycles. The summed E-state index contributed by atoms with van der Waals surface area (Å²) in [5, 5.41) is 38.6. The van der Waals surface area contributed by atoms with Crippen LogP contribution in [0.4, 0.5) is 15.8 Å². The number of rotatable bonds is 2. The lowest BCUT2D eigenvalue weighted by atomic mass is 10.2. The van der Waals surface area contributed by atoms with Crippen LogP contribution < -0.4 is 5.30 Å². The third-order valence-corrected chi connectivity index (χ3v) is 2.85. The number of nitro groups is 2. The number of para-hydroxylation sites is 1. The highest BCUT2D eigenvalue weighted by atomic mass is 31.0. The Kier molecular flexibility index (Phi) is 5.71. The highest BCUT2D eigenvalue weighted by Crippen LogP contribution is 2.29. The molecule has 8 nitrogen and oxygen atoms in total. The van der Waals surface area contributed by atoms with Crippen molar-refractivity contribution in [2.75, 3.05) is 0 Å². The third kappa shape index (κ3) is 4.35. The molecule has 2 N–H and O–H groups in total. The van der Waals surface area contributed by atoms with Gasteiger partial charge in [-0.2, -0.15) is 0 Å². The van der Waals surface area contributed by atoms with Gasteiger partial charge in [0.15, 0.2) is 17.3 Å². The van der Waals surface area contributed by atoms with Gasteiger partial charge in [-0.25, -0.2) is 4.39 Å². The van der Waals surface area contributed by atoms with E-state index >= 15 is 0 Å². The number of nitrogens with zero attached hydrogens (tertiary/aromatic N) is 2. The molecule has 0 aliphatic heterocycles. The molecule has 0 fully saturated rings. The first kappa shape index (κ1) is 17.3. The van der Waals surface area contributed by atoms with Crippen molar-refractivity contribution in [3.63, 3.8) is 0 Å². The topological polar surface area (TPSA) is 127 Å². The van der Waals surface area contributed by atoms with Gasteiger partial charge in [0.1, 0.15) is 0 Å². The van der Waals surface area contributed by atoms with Crippen molar-refractivity contribution < 1.29 is 24.5 Å². The average molecular weight is 328 g/mol. The minimum atomic E-state index is -0.887. The molecule has 2 aromatic rings. The molecule has 0 saturated heterocycles. The molecule has 0 saturated carbocycles. The quantitative estimate of drug-likeness (QED) is 0.494. The van der Waals surface area contributed by atoms with E-state index in [4.69, 9.17) is 10.2 Å². The summed E-state index contributed by atoms with van der Waals surface area (Å²) in [5.41, 5.74) is -1.10. The molecule has 10 heteroatoms. The summed E-state index contributed by atoms with van der Waals surface area (Å²) in [5.74, 6) is -1.46. The number of aromatic hydroxyl groups is 2. The molecule has 0 spiro atoms. The predicted molar refractivity (Wildman–Crippen MR) is 78.8 cm³/mol. The summed E-state index contributed by atoms with van der Waals surface area (Å²) in [7, 11) is 2.23. The second-order valence-corrected chi connectivity index (χ2v) is 4.49. The van der Waals surface area contributed by atoms with Gasteiger partial charge in [0.05, 0.1) is 15.9 Å². The number of hydrogen-bond acceptors (Lipinski definition) is 6. The molecule has 2 rings (SSSR count). The Morgan fingerprint density at radius 3 is 2.14 bits per heavy atom. The van der Waals surface area contributed by atoms with E-state index in [1.165, 1.54) is 12.1 Å². The molecule has 0 bridgehead atoms. The van der Waals surface area contributed by atoms with Crippen LogP contribution in [-0.2, 0) is 0 Å². The normalized spacial score (nSPS) is 9.55. The van der Waals surface area contributed by atoms with Gasteiger partial charge in [-0.1, -0.05) is 12.1 Å². The van der Waals surface area contributed by atoms with Gasteiger partial charge < -0.3 is 10.2 Å². The minimum Gasteiger partial charge on any atom is -0.504 e. The molecular weight excluding hydrogens is 318 g/mol. The van der Waals surface area contributed by atoms with E-state index in [1.807, 2.05) is 0 Å². The van der Waals surface area contributed by atoms with Crippen LogP contribution in [0.3, 0.4) is 0 Å². The Balaban J connectivity index is 0.000000235. The van der Waals surface area contributed by atoms with E-state index in [9.17, 15) is 24.6 Å². The largest absolute Gasteiger partial charge is 0.504 e. The highest BCUT2D eigenvalue weighted by Gasteiger charge is 2.18. The fraction of sp³-hybridized carbons (Fsp3) is 0. The lowest BCUT2D eigenvalue weighted by molar-refractivity contribution is -0.394. The Labute approximate surface area is 125 Å². The molecule has 0 aliphatic carbocycles. The van der Waals surface area contributed by atoms with Crippen molar-refractivity contribution in [3.05, 3.63) is 62.4 Å². The summed E-state index contributed by atoms with van der Waals surface area (Å²) in [4.78, 5) is 18.7. The summed E-state index contributed by atoms with van der Waals surface area (Å²) < 4.78 is 12.3. The molecule has 116 valence electrons. The zero-order valence-corrected chi connectivity index (χ0v) is 12.0. The Hall–Kier alpha value is -2.80. The second kappa shape index (κ2) is 7.28. The zero-order valence-electron chi connectivity index (χ0n) is 10.8. The van der Waals surface area contributed by atoms with Crippen molar-refractivity contribution in [1.29, 1.82) is 0 Å². The fourth-order valence-electron chi connectivity index (χ4n) is 1.30. The number of halogens is 1. The molecule has 0 heterocycles. The first-order valence-corrected chi connectivity index (χ1v) is 6.16. The molecule has 0 aliphatic rings. The molecule has 0 radical (unpaired) electrons. The summed E-state index contributed by atoms with van der Waals surface area (Å²) in [6.45, 7) is 0. The number of phenols is 2. The van der Waals surface area contributed by atoms with E-state index in [-0.39, 0.29) is 5.75 Å². The average Bonchev–Trinajstić information content (AvgIpc) is 2.45. The lowest BCUT2D eigenvalue weighted by Crippen LogP contribution is -1.92. The van der Waals surface area contributed by atoms with Gasteiger partial charge in [0.25, 0.3) is 5.69 Å². The zero-order chi connectivity index (χ0) is 16.9. The van der Waals surface area contributed by atoms with E-state index < -0.39 is 32.8 Å². The standard InChI is InChI=1S/C6H6FOP.C6H4N2O5/c7-4-2-1-3-5(9)6(4)8;9-6-2-1-4(7(10)11)3-5(6)8(12)13/h1-3,8H,9H2;1-3,9H. The Bertz CT molecular complexity index is 705. The Morgan fingerprint density at radius 1 is 1.05 bits per heavy atom. The summed E-state index contributed by atoms with van der Waals surface area (Å²) in [6, 6.07) is 6.97. The van der Waals surface area contributed by atoms with E-state index in [1.54, 1.807) is 6.07 Å². The first-order valence-electron chi connectivity index (χ1n) is 5.58. The van der Waals surface area contributed by atoms with E-state index in [2.05, 4.69) is 9.24 Å². The maximum Gasteiger partial charge on any atom is 0.317 e. The first-order chi connectivity index (χ1) is 10.2. The second-order valence-electron chi connectivity index (χ2n) is 3.86. The lowest BCUT2D eigenvalue weighted by Gasteiger charge is -1.95. The highest BCUT2D eigenvalue weighted by molar-refractivity contribution is 7.27. The molecule has 0 aromatic heterocycles. The minimum absolute atomic E-state index is 0.289. The number of non-ortho nitro benzene ring substituents is 1. The van der Waals surface area contributed by atoms with Gasteiger partial charge in [0, 0.05) is 11.4 Å². The number of hydrogen-bond donors (Lipinski definition) is 2. The van der Waals surface area contributed by atoms with Gasteiger partial charge in [-0.15, -0.1) is 9.24 Å². The van der Waals surface area contributed by atoms with Crippen LogP contribution in [0, 0.1) is 26.0 Å². The van der Waals surface area contributed by atoms with Crippen molar-refractivity contribution in [3.8, 4) is 11.5 Å². The number of phenolic OH excluding ortho intramolecular Hbond substituents is 2. The summed E-state index contributed by atoms with van der Waals surface area (Å²) in [6.07, 6.45) is 0. The Morgan fingerprint density at radius 2 is 1.68 bits per heavy atom. The van der Waals surface area contributed by atoms with Crippen molar-refractivity contribution in [2.45, 2.75) is 0 Å². The molecular formula is C12H10FN2O6P. The van der Waals surface area contributed by atoms with Crippen molar-refractivity contribution in [2.24, 2.45) is 0 Å². The number of nitro benzene ring substituents is 2. The van der Waals surface area contributed by atoms with Crippen LogP contribution in [-0.4, -0.2) is 20.1 Å². The molecule has 1 atom stereocenters. The van der Waals surface area contributed by atoms with E-state index in [0.29, 0.717) is 11.4 Å². The molecule has 1 unspecified atom stereocenters. The maximum atomic E-state index is 12.3. The van der Waals surface area contributed by atoms with Gasteiger partial charge >= 0.3 is 5.69 Å². The molecule has 0 amide bonds. The van der Waals surface area contributed by atoms with Gasteiger partial charge in [0.2, 0.25) is 0 Å². The predicted octanol–water partition coefficient (Wildman–Crippen LogP) is 2.24. The maximum absolute atomic E-state index is 12.3. The van der Waals surface area contributed by atoms with Crippen LogP contribution in [0.25, 0.3) is 0 Å². The van der Waals surface area contributed by atoms with Gasteiger partial charge in [-0.05, 0) is 12.1 Å². The van der Waals surface area contributed by atoms with Gasteiger partial charge in [-0.3, -0.25) is 20.2 Å². The SMILES string of the molecule is O=[N+]([O-])c1ccc(O)c([N+](=O)[O-])c1.Oc1c(F)cccc1P. The monoisotopic (exact) mass is 328 g/mol. The van der Waals surface area contributed by atoms with Crippen molar-refractivity contribution in [1.82, 2.24) is 0 Å². The van der Waals surface area contributed by atoms with Crippen LogP contribution in [0.5, 0.6) is 11.5 Å². The molecule has 22 heavy (non-hydrogen) atoms. The van der Waals surface area contributed by atoms with E-state index in [0.717, 1.165) is 12.1 Å². The van der Waals surface area contributed by atoms with Crippen molar-refractivity contribution >= 4 is 25.9 Å².